The number of likely N-dealkylation sites (N-methyl/N-ethyl adjacent to an activating group) is 1. The van der Waals surface area contributed by atoms with E-state index in [1.54, 1.807) is 4.90 Å². The lowest BCUT2D eigenvalue weighted by Crippen LogP contribution is -2.56. The minimum Gasteiger partial charge on any atom is -0.462 e. The first-order chi connectivity index (χ1) is 22.0. The molecule has 9 nitrogen and oxygen atoms in total. The van der Waals surface area contributed by atoms with Gasteiger partial charge in [0.2, 0.25) is 12.5 Å². The van der Waals surface area contributed by atoms with Gasteiger partial charge >= 0.3 is 6.01 Å². The summed E-state index contributed by atoms with van der Waals surface area (Å²) >= 11 is 0. The molecule has 2 fully saturated rings. The maximum atomic E-state index is 12.6. The summed E-state index contributed by atoms with van der Waals surface area (Å²) in [5.41, 5.74) is 4.61. The average Bonchev–Trinajstić information content (AvgIpc) is 3.07. The first-order valence-electron chi connectivity index (χ1n) is 16.4. The summed E-state index contributed by atoms with van der Waals surface area (Å²) in [6.45, 7) is 18.2. The summed E-state index contributed by atoms with van der Waals surface area (Å²) in [6, 6.07) is 13.8. The fourth-order valence-electron chi connectivity index (χ4n) is 7.39. The third-order valence-corrected chi connectivity index (χ3v) is 9.87. The van der Waals surface area contributed by atoms with Crippen LogP contribution in [0.2, 0.25) is 0 Å². The lowest BCUT2D eigenvalue weighted by Gasteiger charge is -2.41. The zero-order chi connectivity index (χ0) is 31.3. The molecule has 0 radical (unpaired) electrons. The summed E-state index contributed by atoms with van der Waals surface area (Å²) in [4.78, 5) is 35.2. The number of carbonyl (C=O) groups is 1. The second-order valence-corrected chi connectivity index (χ2v) is 12.7. The zero-order valence-corrected chi connectivity index (χ0v) is 26.7. The van der Waals surface area contributed by atoms with Crippen molar-refractivity contribution in [2.75, 3.05) is 62.7 Å². The Kier molecular flexibility index (Phi) is 9.50. The van der Waals surface area contributed by atoms with E-state index in [0.29, 0.717) is 44.8 Å². The number of rotatable bonds is 9. The van der Waals surface area contributed by atoms with Crippen molar-refractivity contribution >= 4 is 28.2 Å². The van der Waals surface area contributed by atoms with Gasteiger partial charge in [0.05, 0.1) is 12.2 Å². The van der Waals surface area contributed by atoms with Crippen molar-refractivity contribution in [3.63, 3.8) is 0 Å². The molecule has 1 saturated carbocycles. The van der Waals surface area contributed by atoms with Crippen LogP contribution in [0.4, 0.5) is 11.5 Å². The Bertz CT molecular complexity index is 1570. The van der Waals surface area contributed by atoms with Crippen LogP contribution in [0.1, 0.15) is 48.9 Å². The number of benzene rings is 2. The number of aromatic nitrogens is 2. The van der Waals surface area contributed by atoms with E-state index in [0.717, 1.165) is 36.6 Å². The van der Waals surface area contributed by atoms with Gasteiger partial charge < -0.3 is 29.2 Å². The van der Waals surface area contributed by atoms with Crippen LogP contribution in [0.25, 0.3) is 15.6 Å². The van der Waals surface area contributed by atoms with E-state index >= 15 is 0 Å². The highest BCUT2D eigenvalue weighted by atomic mass is 16.5. The minimum absolute atomic E-state index is 0.125. The molecule has 0 spiro atoms. The van der Waals surface area contributed by atoms with Gasteiger partial charge in [-0.05, 0) is 56.3 Å². The minimum atomic E-state index is -0.223. The molecule has 2 aliphatic heterocycles. The molecule has 9 heteroatoms. The van der Waals surface area contributed by atoms with Gasteiger partial charge in [-0.3, -0.25) is 4.79 Å². The molecule has 2 aromatic carbocycles. The number of fused-ring (bicyclic) bond motifs is 2. The van der Waals surface area contributed by atoms with Gasteiger partial charge in [-0.1, -0.05) is 56.2 Å². The number of piperazine rings is 1. The highest BCUT2D eigenvalue weighted by Gasteiger charge is 2.35. The van der Waals surface area contributed by atoms with E-state index in [4.69, 9.17) is 21.3 Å². The Morgan fingerprint density at radius 1 is 1.11 bits per heavy atom. The summed E-state index contributed by atoms with van der Waals surface area (Å²) in [7, 11) is 2.20. The van der Waals surface area contributed by atoms with Crippen molar-refractivity contribution in [3.05, 3.63) is 77.3 Å². The Balaban J connectivity index is 1.29. The molecular formula is C36H45N7O2. The van der Waals surface area contributed by atoms with Gasteiger partial charge in [0.25, 0.3) is 0 Å². The SMILES string of the molecule is [C-]#[N+]C[C@H]1CN(c2nc(OCCN(C)C3CCCCC3)nc3c2CCN(c2cccc4cccc(C)c24)C3)CCN1C(=O)C=C. The molecule has 236 valence electrons. The molecule has 1 atom stereocenters. The van der Waals surface area contributed by atoms with Crippen molar-refractivity contribution in [3.8, 4) is 6.01 Å². The molecule has 0 unspecified atom stereocenters. The first kappa shape index (κ1) is 30.8. The summed E-state index contributed by atoms with van der Waals surface area (Å²) in [5, 5.41) is 2.52. The van der Waals surface area contributed by atoms with Crippen LogP contribution in [0.5, 0.6) is 6.01 Å². The molecule has 3 heterocycles. The quantitative estimate of drug-likeness (QED) is 0.243. The van der Waals surface area contributed by atoms with Gasteiger partial charge in [-0.15, -0.1) is 0 Å². The van der Waals surface area contributed by atoms with E-state index in [1.165, 1.54) is 60.2 Å². The summed E-state index contributed by atoms with van der Waals surface area (Å²) in [5.74, 6) is 0.755. The second kappa shape index (κ2) is 13.9. The highest BCUT2D eigenvalue weighted by molar-refractivity contribution is 5.97. The predicted molar refractivity (Wildman–Crippen MR) is 180 cm³/mol. The highest BCUT2D eigenvalue weighted by Crippen LogP contribution is 2.36. The van der Waals surface area contributed by atoms with Gasteiger partial charge in [0, 0.05) is 55.4 Å². The number of amides is 1. The van der Waals surface area contributed by atoms with Crippen molar-refractivity contribution in [2.45, 2.75) is 64.1 Å². The van der Waals surface area contributed by atoms with E-state index in [1.807, 2.05) is 0 Å². The van der Waals surface area contributed by atoms with E-state index in [9.17, 15) is 4.79 Å². The molecule has 45 heavy (non-hydrogen) atoms. The summed E-state index contributed by atoms with van der Waals surface area (Å²) in [6.07, 6.45) is 8.61. The number of aryl methyl sites for hydroxylation is 1. The zero-order valence-electron chi connectivity index (χ0n) is 26.7. The smallest absolute Gasteiger partial charge is 0.318 e. The van der Waals surface area contributed by atoms with E-state index in [-0.39, 0.29) is 18.5 Å². The number of ether oxygens (including phenoxy) is 1. The van der Waals surface area contributed by atoms with Crippen molar-refractivity contribution < 1.29 is 9.53 Å². The third kappa shape index (κ3) is 6.62. The molecule has 0 N–H and O–H groups in total. The lowest BCUT2D eigenvalue weighted by atomic mass is 9.94. The Morgan fingerprint density at radius 3 is 2.69 bits per heavy atom. The monoisotopic (exact) mass is 607 g/mol. The molecule has 1 saturated heterocycles. The molecule has 1 amide bonds. The fourth-order valence-corrected chi connectivity index (χ4v) is 7.39. The van der Waals surface area contributed by atoms with Crippen molar-refractivity contribution in [2.24, 2.45) is 0 Å². The molecule has 1 aliphatic carbocycles. The van der Waals surface area contributed by atoms with Crippen LogP contribution in [0.3, 0.4) is 0 Å². The molecule has 3 aromatic rings. The second-order valence-electron chi connectivity index (χ2n) is 12.7. The molecule has 0 bridgehead atoms. The maximum absolute atomic E-state index is 12.6. The Labute approximate surface area is 267 Å². The predicted octanol–water partition coefficient (Wildman–Crippen LogP) is 5.27. The van der Waals surface area contributed by atoms with Crippen LogP contribution < -0.4 is 14.5 Å². The third-order valence-electron chi connectivity index (χ3n) is 9.87. The lowest BCUT2D eigenvalue weighted by molar-refractivity contribution is -0.128. The fraction of sp³-hybridized carbons (Fsp3) is 0.500. The van der Waals surface area contributed by atoms with Crippen LogP contribution >= 0.6 is 0 Å². The van der Waals surface area contributed by atoms with Gasteiger partial charge in [-0.25, -0.2) is 6.57 Å². The van der Waals surface area contributed by atoms with Crippen LogP contribution in [0.15, 0.2) is 49.1 Å². The topological polar surface area (TPSA) is 69.4 Å². The van der Waals surface area contributed by atoms with E-state index in [2.05, 4.69) is 76.5 Å². The van der Waals surface area contributed by atoms with Crippen LogP contribution in [-0.2, 0) is 17.8 Å². The number of hydrogen-bond acceptors (Lipinski definition) is 7. The van der Waals surface area contributed by atoms with Crippen LogP contribution in [-0.4, -0.2) is 90.7 Å². The van der Waals surface area contributed by atoms with Gasteiger partial charge in [0.15, 0.2) is 0 Å². The number of nitrogens with zero attached hydrogens (tertiary/aromatic N) is 7. The first-order valence-corrected chi connectivity index (χ1v) is 16.4. The van der Waals surface area contributed by atoms with Gasteiger partial charge in [-0.2, -0.15) is 9.97 Å². The number of hydrogen-bond donors (Lipinski definition) is 0. The van der Waals surface area contributed by atoms with Crippen molar-refractivity contribution in [1.29, 1.82) is 0 Å². The maximum Gasteiger partial charge on any atom is 0.318 e. The average molecular weight is 608 g/mol. The normalized spacial score (nSPS) is 19.0. The summed E-state index contributed by atoms with van der Waals surface area (Å²) < 4.78 is 6.31. The van der Waals surface area contributed by atoms with Gasteiger partial charge in [0.1, 0.15) is 18.5 Å². The number of anilines is 2. The number of carbonyl (C=O) groups excluding carboxylic acids is 1. The Morgan fingerprint density at radius 2 is 1.91 bits per heavy atom. The van der Waals surface area contributed by atoms with E-state index < -0.39 is 0 Å². The Hall–Kier alpha value is -4.16. The van der Waals surface area contributed by atoms with Crippen LogP contribution in [0, 0.1) is 13.5 Å². The largest absolute Gasteiger partial charge is 0.462 e. The molecular weight excluding hydrogens is 562 g/mol. The molecule has 3 aliphatic rings. The van der Waals surface area contributed by atoms with Crippen molar-refractivity contribution in [1.82, 2.24) is 19.8 Å². The molecule has 6 rings (SSSR count). The molecule has 1 aromatic heterocycles. The standard InChI is InChI=1S/C36H45N7O2/c1-5-33(44)43-20-19-42(24-29(43)23-37-3)35-30-17-18-41(32-16-10-13-27-12-9-11-26(2)34(27)32)25-31(30)38-36(39-35)45-22-21-40(4)28-14-7-6-8-15-28/h5,9-13,16,28-29H,1,6-8,14-15,17-25H2,2,4H3/t29-/m0/s1.